The van der Waals surface area contributed by atoms with E-state index in [0.717, 1.165) is 6.08 Å². The lowest BCUT2D eigenvalue weighted by atomic mass is 10.1. The first-order valence-electron chi connectivity index (χ1n) is 4.29. The first-order valence-corrected chi connectivity index (χ1v) is 4.29. The van der Waals surface area contributed by atoms with E-state index in [4.69, 9.17) is 10.2 Å². The number of rotatable bonds is 4. The molecule has 0 amide bonds. The summed E-state index contributed by atoms with van der Waals surface area (Å²) in [4.78, 5) is 21.2. The van der Waals surface area contributed by atoms with Crippen molar-refractivity contribution in [3.05, 3.63) is 42.0 Å². The van der Waals surface area contributed by atoms with Crippen LogP contribution < -0.4 is 0 Å². The summed E-state index contributed by atoms with van der Waals surface area (Å²) in [6.45, 7) is -0.372. The standard InChI is InChI=1S/C11H10O4/c12-7-9(6-10(13)11(14)15)8-4-2-1-3-5-8/h1-6,12H,7H2,(H,14,15). The third-order valence-electron chi connectivity index (χ3n) is 1.83. The van der Waals surface area contributed by atoms with Crippen LogP contribution in [0.1, 0.15) is 5.56 Å². The molecule has 0 unspecified atom stereocenters. The Hall–Kier alpha value is -1.94. The number of carbonyl (C=O) groups excluding carboxylic acids is 1. The summed E-state index contributed by atoms with van der Waals surface area (Å²) in [7, 11) is 0. The molecular formula is C11H10O4. The van der Waals surface area contributed by atoms with Gasteiger partial charge >= 0.3 is 5.97 Å². The number of aliphatic hydroxyl groups excluding tert-OH is 1. The molecule has 1 aromatic carbocycles. The SMILES string of the molecule is O=C(O)C(=O)C=C(CO)c1ccccc1. The van der Waals surface area contributed by atoms with Crippen molar-refractivity contribution < 1.29 is 19.8 Å². The normalized spacial score (nSPS) is 11.1. The minimum absolute atomic E-state index is 0.294. The molecule has 0 saturated carbocycles. The number of benzene rings is 1. The van der Waals surface area contributed by atoms with Crippen LogP contribution in [-0.4, -0.2) is 28.6 Å². The zero-order valence-corrected chi connectivity index (χ0v) is 7.88. The fourth-order valence-corrected chi connectivity index (χ4v) is 1.09. The second-order valence-corrected chi connectivity index (χ2v) is 2.86. The average molecular weight is 206 g/mol. The van der Waals surface area contributed by atoms with Crippen LogP contribution in [0.5, 0.6) is 0 Å². The quantitative estimate of drug-likeness (QED) is 0.562. The molecule has 4 heteroatoms. The number of carboxylic acids is 1. The Morgan fingerprint density at radius 3 is 2.27 bits per heavy atom. The van der Waals surface area contributed by atoms with E-state index in [1.807, 2.05) is 0 Å². The predicted molar refractivity (Wildman–Crippen MR) is 54.1 cm³/mol. The molecule has 0 aromatic heterocycles. The highest BCUT2D eigenvalue weighted by molar-refractivity contribution is 6.38. The van der Waals surface area contributed by atoms with Gasteiger partial charge in [-0.1, -0.05) is 30.3 Å². The molecule has 1 rings (SSSR count). The Labute approximate surface area is 86.5 Å². The molecule has 4 nitrogen and oxygen atoms in total. The van der Waals surface area contributed by atoms with Gasteiger partial charge in [-0.25, -0.2) is 4.79 Å². The fourth-order valence-electron chi connectivity index (χ4n) is 1.09. The Bertz CT molecular complexity index is 392. The maximum Gasteiger partial charge on any atom is 0.376 e. The summed E-state index contributed by atoms with van der Waals surface area (Å²) in [6, 6.07) is 8.65. The molecule has 78 valence electrons. The van der Waals surface area contributed by atoms with Gasteiger partial charge in [0.25, 0.3) is 5.78 Å². The van der Waals surface area contributed by atoms with Gasteiger partial charge in [0.1, 0.15) is 0 Å². The van der Waals surface area contributed by atoms with Crippen LogP contribution in [-0.2, 0) is 9.59 Å². The maximum absolute atomic E-state index is 10.9. The van der Waals surface area contributed by atoms with Crippen molar-refractivity contribution in [3.63, 3.8) is 0 Å². The molecular weight excluding hydrogens is 196 g/mol. The number of aliphatic carboxylic acids is 1. The van der Waals surface area contributed by atoms with E-state index in [2.05, 4.69) is 0 Å². The molecule has 1 aromatic rings. The van der Waals surface area contributed by atoms with Crippen LogP contribution in [0.25, 0.3) is 5.57 Å². The van der Waals surface area contributed by atoms with Crippen LogP contribution in [0.3, 0.4) is 0 Å². The highest BCUT2D eigenvalue weighted by Crippen LogP contribution is 2.12. The fraction of sp³-hybridized carbons (Fsp3) is 0.0909. The molecule has 0 fully saturated rings. The summed E-state index contributed by atoms with van der Waals surface area (Å²) in [6.07, 6.45) is 0.928. The lowest BCUT2D eigenvalue weighted by Gasteiger charge is -2.02. The van der Waals surface area contributed by atoms with Gasteiger partial charge in [0, 0.05) is 0 Å². The third kappa shape index (κ3) is 3.03. The van der Waals surface area contributed by atoms with Gasteiger partial charge in [-0.15, -0.1) is 0 Å². The molecule has 0 saturated heterocycles. The number of hydrogen-bond acceptors (Lipinski definition) is 3. The second-order valence-electron chi connectivity index (χ2n) is 2.86. The van der Waals surface area contributed by atoms with Crippen molar-refractivity contribution in [1.29, 1.82) is 0 Å². The molecule has 0 aliphatic rings. The van der Waals surface area contributed by atoms with Gasteiger partial charge in [-0.2, -0.15) is 0 Å². The minimum atomic E-state index is -1.53. The number of carbonyl (C=O) groups is 2. The average Bonchev–Trinajstić information content (AvgIpc) is 2.26. The van der Waals surface area contributed by atoms with Gasteiger partial charge in [-0.3, -0.25) is 4.79 Å². The molecule has 15 heavy (non-hydrogen) atoms. The lowest BCUT2D eigenvalue weighted by Crippen LogP contribution is -2.10. The van der Waals surface area contributed by atoms with E-state index in [9.17, 15) is 9.59 Å². The van der Waals surface area contributed by atoms with Crippen molar-refractivity contribution >= 4 is 17.3 Å². The predicted octanol–water partition coefficient (Wildman–Crippen LogP) is 0.716. The van der Waals surface area contributed by atoms with E-state index < -0.39 is 11.8 Å². The van der Waals surface area contributed by atoms with Crippen LogP contribution >= 0.6 is 0 Å². The molecule has 0 heterocycles. The highest BCUT2D eigenvalue weighted by Gasteiger charge is 2.10. The zero-order valence-electron chi connectivity index (χ0n) is 7.88. The number of aliphatic hydroxyl groups is 1. The summed E-state index contributed by atoms with van der Waals surface area (Å²) in [5, 5.41) is 17.4. The first kappa shape index (κ1) is 11.1. The number of carboxylic acid groups (broad SMARTS) is 1. The summed E-state index contributed by atoms with van der Waals surface area (Å²) >= 11 is 0. The Balaban J connectivity index is 2.99. The van der Waals surface area contributed by atoms with E-state index in [-0.39, 0.29) is 6.61 Å². The lowest BCUT2D eigenvalue weighted by molar-refractivity contribution is -0.146. The molecule has 0 spiro atoms. The van der Waals surface area contributed by atoms with E-state index >= 15 is 0 Å². The topological polar surface area (TPSA) is 74.6 Å². The monoisotopic (exact) mass is 206 g/mol. The van der Waals surface area contributed by atoms with Crippen LogP contribution in [0.4, 0.5) is 0 Å². The molecule has 0 aliphatic carbocycles. The maximum atomic E-state index is 10.9. The second kappa shape index (κ2) is 5.07. The number of ketones is 1. The molecule has 0 radical (unpaired) electrons. The Morgan fingerprint density at radius 2 is 1.80 bits per heavy atom. The third-order valence-corrected chi connectivity index (χ3v) is 1.83. The first-order chi connectivity index (χ1) is 7.15. The van der Waals surface area contributed by atoms with Crippen LogP contribution in [0.2, 0.25) is 0 Å². The van der Waals surface area contributed by atoms with Gasteiger partial charge in [0.2, 0.25) is 0 Å². The number of hydrogen-bond donors (Lipinski definition) is 2. The van der Waals surface area contributed by atoms with Gasteiger partial charge in [0.15, 0.2) is 0 Å². The van der Waals surface area contributed by atoms with E-state index in [1.54, 1.807) is 30.3 Å². The summed E-state index contributed by atoms with van der Waals surface area (Å²) < 4.78 is 0. The summed E-state index contributed by atoms with van der Waals surface area (Å²) in [5.41, 5.74) is 0.928. The van der Waals surface area contributed by atoms with Crippen molar-refractivity contribution in [2.45, 2.75) is 0 Å². The smallest absolute Gasteiger partial charge is 0.376 e. The Morgan fingerprint density at radius 1 is 1.20 bits per heavy atom. The minimum Gasteiger partial charge on any atom is -0.475 e. The van der Waals surface area contributed by atoms with Gasteiger partial charge in [0.05, 0.1) is 6.61 Å². The van der Waals surface area contributed by atoms with E-state index in [0.29, 0.717) is 11.1 Å². The van der Waals surface area contributed by atoms with Crippen molar-refractivity contribution in [2.75, 3.05) is 6.61 Å². The van der Waals surface area contributed by atoms with Crippen LogP contribution in [0.15, 0.2) is 36.4 Å². The molecule has 0 aliphatic heterocycles. The molecule has 0 bridgehead atoms. The molecule has 0 atom stereocenters. The Kier molecular flexibility index (Phi) is 3.76. The summed E-state index contributed by atoms with van der Waals surface area (Å²) in [5.74, 6) is -2.57. The largest absolute Gasteiger partial charge is 0.475 e. The van der Waals surface area contributed by atoms with Crippen molar-refractivity contribution in [1.82, 2.24) is 0 Å². The highest BCUT2D eigenvalue weighted by atomic mass is 16.4. The van der Waals surface area contributed by atoms with Gasteiger partial charge < -0.3 is 10.2 Å². The van der Waals surface area contributed by atoms with Crippen LogP contribution in [0, 0.1) is 0 Å². The van der Waals surface area contributed by atoms with Gasteiger partial charge in [-0.05, 0) is 17.2 Å². The molecule has 2 N–H and O–H groups in total. The zero-order chi connectivity index (χ0) is 11.3. The van der Waals surface area contributed by atoms with E-state index in [1.165, 1.54) is 0 Å². The van der Waals surface area contributed by atoms with Crippen molar-refractivity contribution in [3.8, 4) is 0 Å². The van der Waals surface area contributed by atoms with Crippen molar-refractivity contribution in [2.24, 2.45) is 0 Å².